The van der Waals surface area contributed by atoms with Crippen LogP contribution in [0, 0.1) is 0 Å². The number of rotatable bonds is 11. The summed E-state index contributed by atoms with van der Waals surface area (Å²) in [6.07, 6.45) is -2.09. The van der Waals surface area contributed by atoms with E-state index in [1.807, 2.05) is 0 Å². The molecule has 0 aliphatic carbocycles. The fourth-order valence-electron chi connectivity index (χ4n) is 2.84. The van der Waals surface area contributed by atoms with Gasteiger partial charge in [-0.3, -0.25) is 14.5 Å². The number of hydrogen-bond acceptors (Lipinski definition) is 8. The summed E-state index contributed by atoms with van der Waals surface area (Å²) in [5.74, 6) is -0.780. The van der Waals surface area contributed by atoms with Gasteiger partial charge in [0.1, 0.15) is 31.2 Å². The van der Waals surface area contributed by atoms with Crippen molar-refractivity contribution in [2.45, 2.75) is 35.8 Å². The molecule has 0 aliphatic heterocycles. The number of imide groups is 1. The standard InChI is InChI=1S/C22H24Cl3NO8S/c1-13(27)26(14(2)28)10-16(30)12-33-17-3-5-18(6-4-17)35(31,32)19-7-20(24)22(21(25)8-19)34-11-15(29)9-23/h3-8,15-16,29-30H,9-12H2,1-2H3/t15-,16-/m0/s1. The molecule has 9 nitrogen and oxygen atoms in total. The number of amides is 2. The Morgan fingerprint density at radius 2 is 1.43 bits per heavy atom. The molecule has 2 aromatic rings. The maximum Gasteiger partial charge on any atom is 0.226 e. The van der Waals surface area contributed by atoms with Gasteiger partial charge in [-0.1, -0.05) is 23.2 Å². The van der Waals surface area contributed by atoms with Crippen LogP contribution in [0.15, 0.2) is 46.2 Å². The first-order chi connectivity index (χ1) is 16.4. The van der Waals surface area contributed by atoms with Crippen LogP contribution >= 0.6 is 34.8 Å². The highest BCUT2D eigenvalue weighted by Crippen LogP contribution is 2.37. The molecule has 0 saturated carbocycles. The smallest absolute Gasteiger partial charge is 0.226 e. The molecular weight excluding hydrogens is 545 g/mol. The van der Waals surface area contributed by atoms with Crippen LogP contribution in [-0.4, -0.2) is 73.2 Å². The lowest BCUT2D eigenvalue weighted by Gasteiger charge is -2.21. The number of ether oxygens (including phenoxy) is 2. The van der Waals surface area contributed by atoms with E-state index >= 15 is 0 Å². The maximum absolute atomic E-state index is 13.0. The molecule has 192 valence electrons. The maximum atomic E-state index is 13.0. The van der Waals surface area contributed by atoms with E-state index in [1.54, 1.807) is 0 Å². The van der Waals surface area contributed by atoms with Crippen molar-refractivity contribution in [3.63, 3.8) is 0 Å². The predicted octanol–water partition coefficient (Wildman–Crippen LogP) is 2.94. The van der Waals surface area contributed by atoms with Gasteiger partial charge in [-0.2, -0.15) is 0 Å². The summed E-state index contributed by atoms with van der Waals surface area (Å²) >= 11 is 17.8. The molecule has 0 aromatic heterocycles. The Balaban J connectivity index is 2.11. The quantitative estimate of drug-likeness (QED) is 0.396. The van der Waals surface area contributed by atoms with E-state index in [4.69, 9.17) is 44.3 Å². The van der Waals surface area contributed by atoms with Gasteiger partial charge in [0.05, 0.1) is 32.3 Å². The summed E-state index contributed by atoms with van der Waals surface area (Å²) in [5, 5.41) is 19.4. The van der Waals surface area contributed by atoms with Crippen molar-refractivity contribution in [3.8, 4) is 11.5 Å². The van der Waals surface area contributed by atoms with Gasteiger partial charge in [-0.25, -0.2) is 8.42 Å². The van der Waals surface area contributed by atoms with Crippen LogP contribution in [0.25, 0.3) is 0 Å². The second-order valence-electron chi connectivity index (χ2n) is 7.42. The molecule has 0 fully saturated rings. The first kappa shape index (κ1) is 29.2. The minimum Gasteiger partial charge on any atom is -0.491 e. The lowest BCUT2D eigenvalue weighted by atomic mass is 10.3. The molecule has 0 bridgehead atoms. The van der Waals surface area contributed by atoms with Gasteiger partial charge in [0, 0.05) is 13.8 Å². The fraction of sp³-hybridized carbons (Fsp3) is 0.364. The van der Waals surface area contributed by atoms with Gasteiger partial charge in [0.15, 0.2) is 5.75 Å². The van der Waals surface area contributed by atoms with Crippen molar-refractivity contribution in [1.29, 1.82) is 0 Å². The van der Waals surface area contributed by atoms with E-state index in [-0.39, 0.29) is 57.0 Å². The zero-order chi connectivity index (χ0) is 26.3. The van der Waals surface area contributed by atoms with Crippen LogP contribution in [0.4, 0.5) is 0 Å². The highest BCUT2D eigenvalue weighted by atomic mass is 35.5. The Kier molecular flexibility index (Phi) is 10.6. The Labute approximate surface area is 218 Å². The molecule has 0 heterocycles. The number of nitrogens with zero attached hydrogens (tertiary/aromatic N) is 1. The normalized spacial score (nSPS) is 13.1. The zero-order valence-electron chi connectivity index (χ0n) is 18.8. The lowest BCUT2D eigenvalue weighted by Crippen LogP contribution is -2.41. The SMILES string of the molecule is CC(=O)N(C[C@H](O)COc1ccc(S(=O)(=O)c2cc(Cl)c(OC[C@@H](O)CCl)c(Cl)c2)cc1)C(C)=O. The van der Waals surface area contributed by atoms with Gasteiger partial charge in [-0.05, 0) is 36.4 Å². The Morgan fingerprint density at radius 3 is 1.91 bits per heavy atom. The lowest BCUT2D eigenvalue weighted by molar-refractivity contribution is -0.144. The molecule has 2 amide bonds. The molecule has 0 radical (unpaired) electrons. The first-order valence-corrected chi connectivity index (χ1v) is 12.9. The predicted molar refractivity (Wildman–Crippen MR) is 130 cm³/mol. The Bertz CT molecular complexity index is 1120. The van der Waals surface area contributed by atoms with Crippen molar-refractivity contribution >= 4 is 56.5 Å². The molecule has 0 saturated heterocycles. The van der Waals surface area contributed by atoms with Gasteiger partial charge in [-0.15, -0.1) is 11.6 Å². The number of sulfone groups is 1. The molecule has 2 atom stereocenters. The van der Waals surface area contributed by atoms with E-state index in [2.05, 4.69) is 0 Å². The highest BCUT2D eigenvalue weighted by molar-refractivity contribution is 7.91. The van der Waals surface area contributed by atoms with E-state index in [9.17, 15) is 28.2 Å². The molecule has 0 unspecified atom stereocenters. The number of aliphatic hydroxyl groups excluding tert-OH is 2. The number of carbonyl (C=O) groups excluding carboxylic acids is 2. The minimum absolute atomic E-state index is 0.0202. The Morgan fingerprint density at radius 1 is 0.914 bits per heavy atom. The van der Waals surface area contributed by atoms with Gasteiger partial charge in [0.2, 0.25) is 21.7 Å². The number of alkyl halides is 1. The number of halogens is 3. The van der Waals surface area contributed by atoms with Crippen LogP contribution in [0.2, 0.25) is 10.0 Å². The average molecular weight is 569 g/mol. The van der Waals surface area contributed by atoms with Crippen LogP contribution in [-0.2, 0) is 19.4 Å². The number of benzene rings is 2. The third-order valence-corrected chi connectivity index (χ3v) is 7.28. The van der Waals surface area contributed by atoms with Crippen molar-refractivity contribution in [2.24, 2.45) is 0 Å². The van der Waals surface area contributed by atoms with E-state index in [0.29, 0.717) is 0 Å². The highest BCUT2D eigenvalue weighted by Gasteiger charge is 2.23. The summed E-state index contributed by atoms with van der Waals surface area (Å²) in [7, 11) is -4.00. The van der Waals surface area contributed by atoms with E-state index < -0.39 is 33.9 Å². The van der Waals surface area contributed by atoms with E-state index in [0.717, 1.165) is 4.90 Å². The summed E-state index contributed by atoms with van der Waals surface area (Å²) in [6.45, 7) is 1.78. The summed E-state index contributed by atoms with van der Waals surface area (Å²) in [5.41, 5.74) is 0. The third kappa shape index (κ3) is 7.96. The topological polar surface area (TPSA) is 130 Å². The van der Waals surface area contributed by atoms with Crippen LogP contribution < -0.4 is 9.47 Å². The van der Waals surface area contributed by atoms with E-state index in [1.165, 1.54) is 50.2 Å². The monoisotopic (exact) mass is 567 g/mol. The molecule has 2 N–H and O–H groups in total. The van der Waals surface area contributed by atoms with Crippen molar-refractivity contribution in [1.82, 2.24) is 4.90 Å². The molecule has 35 heavy (non-hydrogen) atoms. The molecule has 0 spiro atoms. The molecule has 2 aromatic carbocycles. The van der Waals surface area contributed by atoms with Crippen LogP contribution in [0.3, 0.4) is 0 Å². The summed E-state index contributed by atoms with van der Waals surface area (Å²) in [6, 6.07) is 7.75. The largest absolute Gasteiger partial charge is 0.491 e. The first-order valence-electron chi connectivity index (χ1n) is 10.2. The van der Waals surface area contributed by atoms with Gasteiger partial charge < -0.3 is 19.7 Å². The second-order valence-corrected chi connectivity index (χ2v) is 10.5. The summed E-state index contributed by atoms with van der Waals surface area (Å²) in [4.78, 5) is 23.5. The minimum atomic E-state index is -4.00. The van der Waals surface area contributed by atoms with Crippen molar-refractivity contribution in [2.75, 3.05) is 25.6 Å². The van der Waals surface area contributed by atoms with Crippen molar-refractivity contribution < 1.29 is 37.7 Å². The number of aliphatic hydroxyl groups is 2. The number of hydrogen-bond donors (Lipinski definition) is 2. The zero-order valence-corrected chi connectivity index (χ0v) is 21.9. The number of carbonyl (C=O) groups is 2. The molecule has 0 aliphatic rings. The second kappa shape index (κ2) is 12.8. The molecule has 2 rings (SSSR count). The third-order valence-electron chi connectivity index (χ3n) is 4.61. The van der Waals surface area contributed by atoms with Crippen LogP contribution in [0.1, 0.15) is 13.8 Å². The fourth-order valence-corrected chi connectivity index (χ4v) is 4.97. The Hall–Kier alpha value is -2.08. The molecule has 13 heteroatoms. The van der Waals surface area contributed by atoms with Crippen LogP contribution in [0.5, 0.6) is 11.5 Å². The van der Waals surface area contributed by atoms with Crippen molar-refractivity contribution in [3.05, 3.63) is 46.4 Å². The molecular formula is C22H24Cl3NO8S. The summed E-state index contributed by atoms with van der Waals surface area (Å²) < 4.78 is 36.8. The van der Waals surface area contributed by atoms with Gasteiger partial charge >= 0.3 is 0 Å². The van der Waals surface area contributed by atoms with Gasteiger partial charge in [0.25, 0.3) is 0 Å². The average Bonchev–Trinajstić information content (AvgIpc) is 2.80.